The van der Waals surface area contributed by atoms with Crippen LogP contribution in [0.3, 0.4) is 0 Å². The van der Waals surface area contributed by atoms with Crippen molar-refractivity contribution in [1.82, 2.24) is 4.98 Å². The normalized spacial score (nSPS) is 9.88. The quantitative estimate of drug-likeness (QED) is 0.839. The molecule has 86 valence electrons. The van der Waals surface area contributed by atoms with Gasteiger partial charge in [0.2, 0.25) is 11.8 Å². The number of primary amides is 1. The van der Waals surface area contributed by atoms with Gasteiger partial charge in [-0.1, -0.05) is 0 Å². The minimum absolute atomic E-state index is 0.161. The first-order valence-electron chi connectivity index (χ1n) is 4.88. The summed E-state index contributed by atoms with van der Waals surface area (Å²) in [4.78, 5) is 14.8. The van der Waals surface area contributed by atoms with E-state index in [1.165, 1.54) is 24.4 Å². The van der Waals surface area contributed by atoms with Crippen LogP contribution in [0.4, 0.5) is 0 Å². The second-order valence-electron chi connectivity index (χ2n) is 3.35. The van der Waals surface area contributed by atoms with E-state index >= 15 is 0 Å². The molecule has 0 radical (unpaired) electrons. The van der Waals surface area contributed by atoms with Gasteiger partial charge in [-0.2, -0.15) is 0 Å². The van der Waals surface area contributed by atoms with Gasteiger partial charge in [0.25, 0.3) is 0 Å². The maximum atomic E-state index is 10.8. The van der Waals surface area contributed by atoms with Crippen LogP contribution in [-0.4, -0.2) is 16.0 Å². The molecule has 1 aromatic heterocycles. The van der Waals surface area contributed by atoms with E-state index in [1.807, 2.05) is 0 Å². The fraction of sp³-hybridized carbons (Fsp3) is 0. The topological polar surface area (TPSA) is 85.4 Å². The first kappa shape index (κ1) is 10.9. The van der Waals surface area contributed by atoms with Crippen LogP contribution in [0.2, 0.25) is 0 Å². The van der Waals surface area contributed by atoms with E-state index in [0.717, 1.165) is 0 Å². The zero-order chi connectivity index (χ0) is 12.3. The highest BCUT2D eigenvalue weighted by Gasteiger charge is 2.02. The number of hydrogen-bond donors (Lipinski definition) is 2. The van der Waals surface area contributed by atoms with Crippen molar-refractivity contribution in [2.75, 3.05) is 0 Å². The van der Waals surface area contributed by atoms with Gasteiger partial charge in [0.15, 0.2) is 0 Å². The lowest BCUT2D eigenvalue weighted by Crippen LogP contribution is -2.10. The number of phenols is 1. The van der Waals surface area contributed by atoms with Crippen molar-refractivity contribution < 1.29 is 14.6 Å². The number of aromatic hydroxyl groups is 1. The number of amides is 1. The Hall–Kier alpha value is -2.56. The molecular formula is C12H10N2O3. The Kier molecular flexibility index (Phi) is 2.91. The van der Waals surface area contributed by atoms with Crippen LogP contribution in [0.15, 0.2) is 42.6 Å². The van der Waals surface area contributed by atoms with Crippen LogP contribution in [0.25, 0.3) is 0 Å². The minimum Gasteiger partial charge on any atom is -0.508 e. The molecule has 0 aliphatic heterocycles. The second-order valence-corrected chi connectivity index (χ2v) is 3.35. The van der Waals surface area contributed by atoms with E-state index in [1.54, 1.807) is 18.2 Å². The van der Waals surface area contributed by atoms with Crippen LogP contribution in [0.1, 0.15) is 10.4 Å². The molecule has 5 heteroatoms. The summed E-state index contributed by atoms with van der Waals surface area (Å²) in [5, 5.41) is 9.10. The van der Waals surface area contributed by atoms with E-state index < -0.39 is 5.91 Å². The number of nitrogens with zero attached hydrogens (tertiary/aromatic N) is 1. The summed E-state index contributed by atoms with van der Waals surface area (Å²) in [5.41, 5.74) is 5.41. The lowest BCUT2D eigenvalue weighted by molar-refractivity contribution is 0.1000. The van der Waals surface area contributed by atoms with Gasteiger partial charge in [0.05, 0.1) is 5.56 Å². The van der Waals surface area contributed by atoms with Gasteiger partial charge in [0.1, 0.15) is 11.5 Å². The third kappa shape index (κ3) is 2.72. The first-order chi connectivity index (χ1) is 8.15. The number of carbonyl (C=O) groups excluding carboxylic acids is 1. The molecule has 0 saturated heterocycles. The largest absolute Gasteiger partial charge is 0.508 e. The molecule has 0 bridgehead atoms. The van der Waals surface area contributed by atoms with Crippen molar-refractivity contribution in [3.05, 3.63) is 48.2 Å². The van der Waals surface area contributed by atoms with Crippen molar-refractivity contribution in [3.8, 4) is 17.4 Å². The number of phenolic OH excluding ortho intramolecular Hbond substituents is 1. The molecule has 17 heavy (non-hydrogen) atoms. The van der Waals surface area contributed by atoms with Gasteiger partial charge in [-0.15, -0.1) is 0 Å². The van der Waals surface area contributed by atoms with E-state index in [4.69, 9.17) is 15.6 Å². The average Bonchev–Trinajstić information content (AvgIpc) is 2.33. The molecule has 1 heterocycles. The fourth-order valence-corrected chi connectivity index (χ4v) is 1.22. The highest BCUT2D eigenvalue weighted by Crippen LogP contribution is 2.21. The molecular weight excluding hydrogens is 220 g/mol. The number of carbonyl (C=O) groups is 1. The Balaban J connectivity index is 2.13. The summed E-state index contributed by atoms with van der Waals surface area (Å²) in [6.07, 6.45) is 1.35. The molecule has 0 atom stereocenters. The van der Waals surface area contributed by atoms with Gasteiger partial charge < -0.3 is 15.6 Å². The Labute approximate surface area is 97.5 Å². The highest BCUT2D eigenvalue weighted by atomic mass is 16.5. The molecule has 1 amide bonds. The van der Waals surface area contributed by atoms with Crippen LogP contribution in [0, 0.1) is 0 Å². The van der Waals surface area contributed by atoms with Gasteiger partial charge >= 0.3 is 0 Å². The smallest absolute Gasteiger partial charge is 0.250 e. The lowest BCUT2D eigenvalue weighted by atomic mass is 10.3. The van der Waals surface area contributed by atoms with Gasteiger partial charge in [-0.05, 0) is 30.3 Å². The summed E-state index contributed by atoms with van der Waals surface area (Å²) in [6.45, 7) is 0. The number of hydrogen-bond acceptors (Lipinski definition) is 4. The van der Waals surface area contributed by atoms with Crippen LogP contribution >= 0.6 is 0 Å². The molecule has 0 fully saturated rings. The van der Waals surface area contributed by atoms with Crippen molar-refractivity contribution in [2.45, 2.75) is 0 Å². The predicted octanol–water partition coefficient (Wildman–Crippen LogP) is 1.68. The second kappa shape index (κ2) is 4.52. The summed E-state index contributed by atoms with van der Waals surface area (Å²) >= 11 is 0. The third-order valence-electron chi connectivity index (χ3n) is 2.08. The van der Waals surface area contributed by atoms with Crippen molar-refractivity contribution in [2.24, 2.45) is 5.73 Å². The van der Waals surface area contributed by atoms with E-state index in [2.05, 4.69) is 4.98 Å². The number of benzene rings is 1. The van der Waals surface area contributed by atoms with Crippen LogP contribution < -0.4 is 10.5 Å². The SMILES string of the molecule is NC(=O)c1ccc(Oc2ccc(O)cc2)nc1. The highest BCUT2D eigenvalue weighted by molar-refractivity contribution is 5.92. The van der Waals surface area contributed by atoms with Crippen molar-refractivity contribution >= 4 is 5.91 Å². The number of aromatic nitrogens is 1. The molecule has 0 saturated carbocycles. The maximum Gasteiger partial charge on any atom is 0.250 e. The zero-order valence-corrected chi connectivity index (χ0v) is 8.83. The van der Waals surface area contributed by atoms with E-state index in [0.29, 0.717) is 17.2 Å². The molecule has 0 aliphatic rings. The van der Waals surface area contributed by atoms with Crippen LogP contribution in [-0.2, 0) is 0 Å². The number of rotatable bonds is 3. The Bertz CT molecular complexity index is 520. The Morgan fingerprint density at radius 1 is 1.18 bits per heavy atom. The monoisotopic (exact) mass is 230 g/mol. The average molecular weight is 230 g/mol. The fourth-order valence-electron chi connectivity index (χ4n) is 1.22. The van der Waals surface area contributed by atoms with E-state index in [-0.39, 0.29) is 5.75 Å². The summed E-state index contributed by atoms with van der Waals surface area (Å²) in [7, 11) is 0. The Morgan fingerprint density at radius 2 is 1.88 bits per heavy atom. The molecule has 2 rings (SSSR count). The van der Waals surface area contributed by atoms with Gasteiger partial charge in [0, 0.05) is 12.3 Å². The summed E-state index contributed by atoms with van der Waals surface area (Å²) in [5.74, 6) is 0.519. The van der Waals surface area contributed by atoms with Crippen molar-refractivity contribution in [3.63, 3.8) is 0 Å². The molecule has 3 N–H and O–H groups in total. The van der Waals surface area contributed by atoms with Crippen LogP contribution in [0.5, 0.6) is 17.4 Å². The molecule has 1 aromatic carbocycles. The summed E-state index contributed by atoms with van der Waals surface area (Å²) < 4.78 is 5.39. The van der Waals surface area contributed by atoms with E-state index in [9.17, 15) is 4.79 Å². The number of ether oxygens (including phenoxy) is 1. The van der Waals surface area contributed by atoms with Crippen molar-refractivity contribution in [1.29, 1.82) is 0 Å². The Morgan fingerprint density at radius 3 is 2.41 bits per heavy atom. The standard InChI is InChI=1S/C12H10N2O3/c13-12(16)8-1-6-11(14-7-8)17-10-4-2-9(15)3-5-10/h1-7,15H,(H2,13,16). The number of pyridine rings is 1. The van der Waals surface area contributed by atoms with Gasteiger partial charge in [-0.25, -0.2) is 4.98 Å². The summed E-state index contributed by atoms with van der Waals surface area (Å²) in [6, 6.07) is 9.32. The molecule has 0 aliphatic carbocycles. The lowest BCUT2D eigenvalue weighted by Gasteiger charge is -2.04. The van der Waals surface area contributed by atoms with Gasteiger partial charge in [-0.3, -0.25) is 4.79 Å². The predicted molar refractivity (Wildman–Crippen MR) is 60.9 cm³/mol. The molecule has 2 aromatic rings. The zero-order valence-electron chi connectivity index (χ0n) is 8.83. The number of nitrogens with two attached hydrogens (primary N) is 1. The first-order valence-corrected chi connectivity index (χ1v) is 4.88. The molecule has 5 nitrogen and oxygen atoms in total. The maximum absolute atomic E-state index is 10.8. The minimum atomic E-state index is -0.534. The third-order valence-corrected chi connectivity index (χ3v) is 2.08. The molecule has 0 spiro atoms. The molecule has 0 unspecified atom stereocenters.